The molecule has 0 saturated heterocycles. The minimum absolute atomic E-state index is 0.0971. The van der Waals surface area contributed by atoms with E-state index in [0.717, 1.165) is 6.07 Å². The minimum Gasteiger partial charge on any atom is -0.384 e. The van der Waals surface area contributed by atoms with E-state index in [-0.39, 0.29) is 17.0 Å². The molecule has 2 heterocycles. The van der Waals surface area contributed by atoms with Gasteiger partial charge in [0.1, 0.15) is 17.0 Å². The fourth-order valence-electron chi connectivity index (χ4n) is 1.98. The van der Waals surface area contributed by atoms with E-state index in [1.165, 1.54) is 24.4 Å². The molecule has 0 aliphatic carbocycles. The van der Waals surface area contributed by atoms with Crippen LogP contribution in [0.4, 0.5) is 20.3 Å². The summed E-state index contributed by atoms with van der Waals surface area (Å²) in [5.74, 6) is -2.24. The Balaban J connectivity index is 1.91. The van der Waals surface area contributed by atoms with Crippen LogP contribution in [0.2, 0.25) is 0 Å². The summed E-state index contributed by atoms with van der Waals surface area (Å²) in [5.41, 5.74) is 5.90. The van der Waals surface area contributed by atoms with E-state index in [9.17, 15) is 13.6 Å². The van der Waals surface area contributed by atoms with Gasteiger partial charge in [0.15, 0.2) is 11.6 Å². The molecule has 0 spiro atoms. The second-order valence-electron chi connectivity index (χ2n) is 4.56. The van der Waals surface area contributed by atoms with Crippen LogP contribution in [-0.4, -0.2) is 15.9 Å². The van der Waals surface area contributed by atoms with E-state index >= 15 is 0 Å². The first-order valence-electron chi connectivity index (χ1n) is 6.32. The van der Waals surface area contributed by atoms with Gasteiger partial charge in [-0.05, 0) is 30.3 Å². The average molecular weight is 300 g/mol. The molecule has 0 aliphatic heterocycles. The Kier molecular flexibility index (Phi) is 3.38. The van der Waals surface area contributed by atoms with Gasteiger partial charge in [-0.2, -0.15) is 0 Å². The molecule has 110 valence electrons. The highest BCUT2D eigenvalue weighted by molar-refractivity contribution is 6.03. The standard InChI is InChI=1S/C15H10F2N4O/c16-10-5-4-8-6-9(7-19-14(8)13(10)17)20-15(22)11-2-1-3-12(18)21-11/h1-7H,(H2,18,21)(H,20,22). The number of fused-ring (bicyclic) bond motifs is 1. The Morgan fingerprint density at radius 1 is 1.18 bits per heavy atom. The Morgan fingerprint density at radius 2 is 2.00 bits per heavy atom. The predicted molar refractivity (Wildman–Crippen MR) is 78.3 cm³/mol. The monoisotopic (exact) mass is 300 g/mol. The van der Waals surface area contributed by atoms with Crippen molar-refractivity contribution in [2.75, 3.05) is 11.1 Å². The van der Waals surface area contributed by atoms with Crippen LogP contribution in [-0.2, 0) is 0 Å². The van der Waals surface area contributed by atoms with Crippen LogP contribution in [0, 0.1) is 11.6 Å². The highest BCUT2D eigenvalue weighted by atomic mass is 19.2. The van der Waals surface area contributed by atoms with Crippen LogP contribution < -0.4 is 11.1 Å². The zero-order valence-electron chi connectivity index (χ0n) is 11.2. The smallest absolute Gasteiger partial charge is 0.274 e. The van der Waals surface area contributed by atoms with Gasteiger partial charge in [0.25, 0.3) is 5.91 Å². The lowest BCUT2D eigenvalue weighted by atomic mass is 10.2. The Morgan fingerprint density at radius 3 is 2.77 bits per heavy atom. The Bertz CT molecular complexity index is 883. The van der Waals surface area contributed by atoms with Gasteiger partial charge >= 0.3 is 0 Å². The minimum atomic E-state index is -1.02. The van der Waals surface area contributed by atoms with Gasteiger partial charge in [-0.3, -0.25) is 9.78 Å². The number of amides is 1. The summed E-state index contributed by atoms with van der Waals surface area (Å²) in [6, 6.07) is 8.56. The summed E-state index contributed by atoms with van der Waals surface area (Å²) in [6.45, 7) is 0. The molecule has 0 fully saturated rings. The van der Waals surface area contributed by atoms with E-state index in [4.69, 9.17) is 5.73 Å². The Labute approximate surface area is 123 Å². The average Bonchev–Trinajstić information content (AvgIpc) is 2.51. The van der Waals surface area contributed by atoms with E-state index in [1.54, 1.807) is 12.1 Å². The van der Waals surface area contributed by atoms with Crippen LogP contribution in [0.25, 0.3) is 10.9 Å². The number of nitrogens with two attached hydrogens (primary N) is 1. The second-order valence-corrected chi connectivity index (χ2v) is 4.56. The molecule has 5 nitrogen and oxygen atoms in total. The summed E-state index contributed by atoms with van der Waals surface area (Å²) in [5, 5.41) is 2.95. The van der Waals surface area contributed by atoms with Crippen molar-refractivity contribution in [1.82, 2.24) is 9.97 Å². The molecule has 7 heteroatoms. The molecule has 3 aromatic rings. The number of benzene rings is 1. The fourth-order valence-corrected chi connectivity index (χ4v) is 1.98. The van der Waals surface area contributed by atoms with Crippen LogP contribution in [0.3, 0.4) is 0 Å². The maximum Gasteiger partial charge on any atom is 0.274 e. The van der Waals surface area contributed by atoms with Crippen molar-refractivity contribution in [1.29, 1.82) is 0 Å². The van der Waals surface area contributed by atoms with Crippen LogP contribution in [0.1, 0.15) is 10.5 Å². The lowest BCUT2D eigenvalue weighted by Gasteiger charge is -2.06. The first-order valence-corrected chi connectivity index (χ1v) is 6.32. The lowest BCUT2D eigenvalue weighted by Crippen LogP contribution is -2.14. The summed E-state index contributed by atoms with van der Waals surface area (Å²) in [6.07, 6.45) is 1.25. The fraction of sp³-hybridized carbons (Fsp3) is 0. The molecule has 3 N–H and O–H groups in total. The maximum absolute atomic E-state index is 13.6. The van der Waals surface area contributed by atoms with E-state index in [2.05, 4.69) is 15.3 Å². The van der Waals surface area contributed by atoms with Crippen molar-refractivity contribution in [3.63, 3.8) is 0 Å². The number of aromatic nitrogens is 2. The number of anilines is 2. The molecule has 2 aromatic heterocycles. The zero-order valence-corrected chi connectivity index (χ0v) is 11.2. The molecule has 0 bridgehead atoms. The molecule has 0 aliphatic rings. The number of halogens is 2. The summed E-state index contributed by atoms with van der Waals surface area (Å²) >= 11 is 0. The van der Waals surface area contributed by atoms with Crippen molar-refractivity contribution >= 4 is 28.3 Å². The van der Waals surface area contributed by atoms with Gasteiger partial charge in [0, 0.05) is 5.39 Å². The van der Waals surface area contributed by atoms with Crippen LogP contribution >= 0.6 is 0 Å². The topological polar surface area (TPSA) is 80.9 Å². The largest absolute Gasteiger partial charge is 0.384 e. The maximum atomic E-state index is 13.6. The summed E-state index contributed by atoms with van der Waals surface area (Å²) < 4.78 is 26.7. The van der Waals surface area contributed by atoms with Crippen molar-refractivity contribution < 1.29 is 13.6 Å². The number of carbonyl (C=O) groups excluding carboxylic acids is 1. The molecule has 0 atom stereocenters. The molecule has 0 radical (unpaired) electrons. The van der Waals surface area contributed by atoms with Gasteiger partial charge in [-0.15, -0.1) is 0 Å². The number of nitrogen functional groups attached to an aromatic ring is 1. The van der Waals surface area contributed by atoms with E-state index in [0.29, 0.717) is 11.1 Å². The van der Waals surface area contributed by atoms with E-state index in [1.807, 2.05) is 0 Å². The van der Waals surface area contributed by atoms with Crippen molar-refractivity contribution in [3.8, 4) is 0 Å². The van der Waals surface area contributed by atoms with Crippen molar-refractivity contribution in [2.24, 2.45) is 0 Å². The number of hydrogen-bond acceptors (Lipinski definition) is 4. The normalized spacial score (nSPS) is 10.6. The third-order valence-electron chi connectivity index (χ3n) is 3.01. The van der Waals surface area contributed by atoms with Gasteiger partial charge in [0.2, 0.25) is 0 Å². The molecule has 1 amide bonds. The van der Waals surface area contributed by atoms with E-state index < -0.39 is 17.5 Å². The lowest BCUT2D eigenvalue weighted by molar-refractivity contribution is 0.102. The van der Waals surface area contributed by atoms with Gasteiger partial charge < -0.3 is 11.1 Å². The first-order chi connectivity index (χ1) is 10.5. The molecule has 1 aromatic carbocycles. The molecular weight excluding hydrogens is 290 g/mol. The number of rotatable bonds is 2. The molecule has 22 heavy (non-hydrogen) atoms. The van der Waals surface area contributed by atoms with Gasteiger partial charge in [0.05, 0.1) is 11.9 Å². The third-order valence-corrected chi connectivity index (χ3v) is 3.01. The number of hydrogen-bond donors (Lipinski definition) is 2. The quantitative estimate of drug-likeness (QED) is 0.762. The number of nitrogens with one attached hydrogen (secondary N) is 1. The summed E-state index contributed by atoms with van der Waals surface area (Å²) in [7, 11) is 0. The predicted octanol–water partition coefficient (Wildman–Crippen LogP) is 2.74. The summed E-state index contributed by atoms with van der Waals surface area (Å²) in [4.78, 5) is 19.8. The van der Waals surface area contributed by atoms with Crippen LogP contribution in [0.5, 0.6) is 0 Å². The van der Waals surface area contributed by atoms with Crippen molar-refractivity contribution in [3.05, 3.63) is 59.9 Å². The zero-order chi connectivity index (χ0) is 15.7. The highest BCUT2D eigenvalue weighted by Gasteiger charge is 2.11. The number of carbonyl (C=O) groups is 1. The third kappa shape index (κ3) is 2.56. The van der Waals surface area contributed by atoms with Gasteiger partial charge in [-0.1, -0.05) is 6.07 Å². The number of pyridine rings is 2. The molecular formula is C15H10F2N4O. The number of nitrogens with zero attached hydrogens (tertiary/aromatic N) is 2. The SMILES string of the molecule is Nc1cccc(C(=O)Nc2cnc3c(F)c(F)ccc3c2)n1. The van der Waals surface area contributed by atoms with Gasteiger partial charge in [-0.25, -0.2) is 13.8 Å². The molecule has 0 unspecified atom stereocenters. The highest BCUT2D eigenvalue weighted by Crippen LogP contribution is 2.21. The Hall–Kier alpha value is -3.09. The van der Waals surface area contributed by atoms with Crippen molar-refractivity contribution in [2.45, 2.75) is 0 Å². The first kappa shape index (κ1) is 13.9. The molecule has 3 rings (SSSR count). The van der Waals surface area contributed by atoms with Crippen LogP contribution in [0.15, 0.2) is 42.6 Å². The molecule has 0 saturated carbocycles. The second kappa shape index (κ2) is 5.36.